The van der Waals surface area contributed by atoms with Gasteiger partial charge in [-0.1, -0.05) is 12.1 Å². The third-order valence-corrected chi connectivity index (χ3v) is 3.16. The Labute approximate surface area is 85.9 Å². The second-order valence-electron chi connectivity index (χ2n) is 4.27. The first-order chi connectivity index (χ1) is 6.68. The van der Waals surface area contributed by atoms with E-state index in [1.807, 2.05) is 7.05 Å². The summed E-state index contributed by atoms with van der Waals surface area (Å²) in [5, 5.41) is 3.40. The van der Waals surface area contributed by atoms with Gasteiger partial charge in [0.15, 0.2) is 0 Å². The number of nitrogens with zero attached hydrogens (tertiary/aromatic N) is 1. The van der Waals surface area contributed by atoms with E-state index in [-0.39, 0.29) is 0 Å². The smallest absolute Gasteiger partial charge is 0.0433 e. The molecular formula is C12H18N2. The van der Waals surface area contributed by atoms with Crippen molar-refractivity contribution in [1.82, 2.24) is 5.32 Å². The van der Waals surface area contributed by atoms with Crippen LogP contribution in [-0.2, 0) is 5.54 Å². The molecule has 0 atom stereocenters. The van der Waals surface area contributed by atoms with Gasteiger partial charge in [-0.3, -0.25) is 0 Å². The lowest BCUT2D eigenvalue weighted by Crippen LogP contribution is -2.24. The Morgan fingerprint density at radius 2 is 1.71 bits per heavy atom. The zero-order chi connectivity index (χ0) is 10.2. The molecule has 76 valence electrons. The van der Waals surface area contributed by atoms with Gasteiger partial charge in [-0.05, 0) is 37.6 Å². The number of benzene rings is 1. The lowest BCUT2D eigenvalue weighted by atomic mass is 10.0. The second-order valence-corrected chi connectivity index (χ2v) is 4.27. The maximum absolute atomic E-state index is 3.40. The van der Waals surface area contributed by atoms with Gasteiger partial charge in [0.2, 0.25) is 0 Å². The Bertz CT molecular complexity index is 310. The molecule has 0 radical (unpaired) electrons. The third-order valence-electron chi connectivity index (χ3n) is 3.16. The highest BCUT2D eigenvalue weighted by molar-refractivity contribution is 5.48. The lowest BCUT2D eigenvalue weighted by Gasteiger charge is -2.17. The highest BCUT2D eigenvalue weighted by Gasteiger charge is 2.42. The highest BCUT2D eigenvalue weighted by Crippen LogP contribution is 2.45. The fraction of sp³-hybridized carbons (Fsp3) is 0.500. The molecule has 0 saturated heterocycles. The fourth-order valence-corrected chi connectivity index (χ4v) is 1.89. The molecule has 1 fully saturated rings. The van der Waals surface area contributed by atoms with Gasteiger partial charge in [0.05, 0.1) is 0 Å². The molecule has 0 aromatic heterocycles. The van der Waals surface area contributed by atoms with E-state index in [0.717, 1.165) is 0 Å². The van der Waals surface area contributed by atoms with Crippen LogP contribution in [0.25, 0.3) is 0 Å². The van der Waals surface area contributed by atoms with Crippen LogP contribution in [0.2, 0.25) is 0 Å². The molecule has 1 aromatic rings. The minimum Gasteiger partial charge on any atom is -0.378 e. The van der Waals surface area contributed by atoms with E-state index in [4.69, 9.17) is 0 Å². The molecule has 1 aromatic carbocycles. The predicted octanol–water partition coefficient (Wildman–Crippen LogP) is 1.96. The molecule has 0 heterocycles. The van der Waals surface area contributed by atoms with Gasteiger partial charge in [0.25, 0.3) is 0 Å². The number of anilines is 1. The molecule has 2 rings (SSSR count). The van der Waals surface area contributed by atoms with E-state index in [1.54, 1.807) is 0 Å². The monoisotopic (exact) mass is 190 g/mol. The van der Waals surface area contributed by atoms with Crippen molar-refractivity contribution in [2.45, 2.75) is 18.4 Å². The number of hydrogen-bond donors (Lipinski definition) is 1. The number of hydrogen-bond acceptors (Lipinski definition) is 2. The molecule has 1 aliphatic rings. The molecule has 1 N–H and O–H groups in total. The van der Waals surface area contributed by atoms with Gasteiger partial charge < -0.3 is 10.2 Å². The summed E-state index contributed by atoms with van der Waals surface area (Å²) in [6.07, 6.45) is 2.54. The van der Waals surface area contributed by atoms with E-state index in [0.29, 0.717) is 5.54 Å². The molecule has 1 saturated carbocycles. The third kappa shape index (κ3) is 1.50. The van der Waals surface area contributed by atoms with Crippen molar-refractivity contribution in [1.29, 1.82) is 0 Å². The molecule has 2 heteroatoms. The maximum Gasteiger partial charge on any atom is 0.0433 e. The second kappa shape index (κ2) is 3.28. The van der Waals surface area contributed by atoms with Crippen LogP contribution in [-0.4, -0.2) is 21.1 Å². The molecule has 1 aliphatic carbocycles. The van der Waals surface area contributed by atoms with Gasteiger partial charge in [0, 0.05) is 25.3 Å². The van der Waals surface area contributed by atoms with Crippen LogP contribution >= 0.6 is 0 Å². The van der Waals surface area contributed by atoms with Gasteiger partial charge in [-0.2, -0.15) is 0 Å². The summed E-state index contributed by atoms with van der Waals surface area (Å²) < 4.78 is 0. The Morgan fingerprint density at radius 1 is 1.14 bits per heavy atom. The van der Waals surface area contributed by atoms with E-state index >= 15 is 0 Å². The Kier molecular flexibility index (Phi) is 2.23. The summed E-state index contributed by atoms with van der Waals surface area (Å²) >= 11 is 0. The largest absolute Gasteiger partial charge is 0.378 e. The van der Waals surface area contributed by atoms with Gasteiger partial charge >= 0.3 is 0 Å². The molecule has 2 nitrogen and oxygen atoms in total. The van der Waals surface area contributed by atoms with Crippen LogP contribution in [0.3, 0.4) is 0 Å². The van der Waals surface area contributed by atoms with Crippen LogP contribution in [0.4, 0.5) is 5.69 Å². The fourth-order valence-electron chi connectivity index (χ4n) is 1.89. The maximum atomic E-state index is 3.40. The Balaban J connectivity index is 2.22. The normalized spacial score (nSPS) is 17.9. The molecule has 14 heavy (non-hydrogen) atoms. The van der Waals surface area contributed by atoms with Crippen LogP contribution in [0.15, 0.2) is 24.3 Å². The van der Waals surface area contributed by atoms with Crippen LogP contribution < -0.4 is 10.2 Å². The summed E-state index contributed by atoms with van der Waals surface area (Å²) in [7, 11) is 6.19. The van der Waals surface area contributed by atoms with Crippen molar-refractivity contribution in [3.05, 3.63) is 29.8 Å². The van der Waals surface area contributed by atoms with Crippen molar-refractivity contribution in [2.75, 3.05) is 26.0 Å². The van der Waals surface area contributed by atoms with Gasteiger partial charge in [0.1, 0.15) is 0 Å². The van der Waals surface area contributed by atoms with E-state index in [9.17, 15) is 0 Å². The minimum atomic E-state index is 0.296. The minimum absolute atomic E-state index is 0.296. The average molecular weight is 190 g/mol. The summed E-state index contributed by atoms with van der Waals surface area (Å²) in [6, 6.07) is 8.84. The Morgan fingerprint density at radius 3 is 2.07 bits per heavy atom. The van der Waals surface area contributed by atoms with E-state index < -0.39 is 0 Å². The van der Waals surface area contributed by atoms with E-state index in [1.165, 1.54) is 24.1 Å². The zero-order valence-corrected chi connectivity index (χ0v) is 9.17. The quantitative estimate of drug-likeness (QED) is 0.784. The highest BCUT2D eigenvalue weighted by atomic mass is 15.1. The molecule has 0 amide bonds. The van der Waals surface area contributed by atoms with Crippen LogP contribution in [0.5, 0.6) is 0 Å². The summed E-state index contributed by atoms with van der Waals surface area (Å²) in [6.45, 7) is 0. The number of rotatable bonds is 3. The zero-order valence-electron chi connectivity index (χ0n) is 9.17. The standard InChI is InChI=1S/C12H18N2/c1-13-12(8-9-12)10-4-6-11(7-5-10)14(2)3/h4-7,13H,8-9H2,1-3H3. The van der Waals surface area contributed by atoms with Crippen molar-refractivity contribution < 1.29 is 0 Å². The topological polar surface area (TPSA) is 15.3 Å². The van der Waals surface area contributed by atoms with Crippen molar-refractivity contribution >= 4 is 5.69 Å². The summed E-state index contributed by atoms with van der Waals surface area (Å²) in [5.41, 5.74) is 2.98. The van der Waals surface area contributed by atoms with Crippen LogP contribution in [0.1, 0.15) is 18.4 Å². The van der Waals surface area contributed by atoms with Crippen molar-refractivity contribution in [3.63, 3.8) is 0 Å². The molecule has 0 aliphatic heterocycles. The average Bonchev–Trinajstić information content (AvgIpc) is 2.99. The first kappa shape index (κ1) is 9.53. The van der Waals surface area contributed by atoms with Crippen molar-refractivity contribution in [2.24, 2.45) is 0 Å². The summed E-state index contributed by atoms with van der Waals surface area (Å²) in [5.74, 6) is 0. The van der Waals surface area contributed by atoms with Gasteiger partial charge in [-0.15, -0.1) is 0 Å². The lowest BCUT2D eigenvalue weighted by molar-refractivity contribution is 0.586. The summed E-state index contributed by atoms with van der Waals surface area (Å²) in [4.78, 5) is 2.13. The van der Waals surface area contributed by atoms with Gasteiger partial charge in [-0.25, -0.2) is 0 Å². The van der Waals surface area contributed by atoms with Crippen LogP contribution in [0, 0.1) is 0 Å². The van der Waals surface area contributed by atoms with Crippen molar-refractivity contribution in [3.8, 4) is 0 Å². The number of nitrogens with one attached hydrogen (secondary N) is 1. The first-order valence-corrected chi connectivity index (χ1v) is 5.15. The first-order valence-electron chi connectivity index (χ1n) is 5.15. The Hall–Kier alpha value is -1.02. The van der Waals surface area contributed by atoms with E-state index in [2.05, 4.69) is 48.6 Å². The SMILES string of the molecule is CNC1(c2ccc(N(C)C)cc2)CC1. The molecule has 0 spiro atoms. The molecular weight excluding hydrogens is 172 g/mol. The molecule has 0 bridgehead atoms. The predicted molar refractivity (Wildman–Crippen MR) is 60.7 cm³/mol. The molecule has 0 unspecified atom stereocenters.